The third-order valence-corrected chi connectivity index (χ3v) is 3.72. The van der Waals surface area contributed by atoms with Crippen molar-refractivity contribution in [3.63, 3.8) is 0 Å². The summed E-state index contributed by atoms with van der Waals surface area (Å²) in [5.74, 6) is 0.596. The molecule has 1 aromatic rings. The topological polar surface area (TPSA) is 58.1 Å². The molecule has 0 saturated carbocycles. The highest BCUT2D eigenvalue weighted by atomic mass is 127. The Morgan fingerprint density at radius 3 is 2.71 bits per heavy atom. The van der Waals surface area contributed by atoms with E-state index in [1.165, 1.54) is 13.2 Å². The number of benzene rings is 1. The van der Waals surface area contributed by atoms with E-state index in [9.17, 15) is 4.39 Å². The van der Waals surface area contributed by atoms with E-state index < -0.39 is 0 Å². The number of nitrogens with zero attached hydrogens (tertiary/aromatic N) is 2. The number of ether oxygens (including phenoxy) is 2. The standard InChI is InChI=1S/C16H25FN4O2.HI/c1-18-16(19-5-6-21-7-9-23-10-8-21)20-12-13-3-4-15(22-2)14(17)11-13;/h3-4,11H,5-10,12H2,1-2H3,(H2,18,19,20);1H. The average Bonchev–Trinajstić information content (AvgIpc) is 2.59. The summed E-state index contributed by atoms with van der Waals surface area (Å²) in [6, 6.07) is 4.92. The first-order valence-electron chi connectivity index (χ1n) is 7.80. The van der Waals surface area contributed by atoms with Crippen molar-refractivity contribution in [3.8, 4) is 5.75 Å². The van der Waals surface area contributed by atoms with Crippen LogP contribution in [0.15, 0.2) is 23.2 Å². The van der Waals surface area contributed by atoms with Gasteiger partial charge in [0.2, 0.25) is 0 Å². The zero-order chi connectivity index (χ0) is 16.5. The fraction of sp³-hybridized carbons (Fsp3) is 0.562. The number of nitrogens with one attached hydrogen (secondary N) is 2. The van der Waals surface area contributed by atoms with Crippen molar-refractivity contribution >= 4 is 29.9 Å². The van der Waals surface area contributed by atoms with Crippen LogP contribution in [0.4, 0.5) is 4.39 Å². The SMILES string of the molecule is CN=C(NCCN1CCOCC1)NCc1ccc(OC)c(F)c1.I. The molecule has 0 atom stereocenters. The second-order valence-corrected chi connectivity index (χ2v) is 5.28. The lowest BCUT2D eigenvalue weighted by molar-refractivity contribution is 0.0389. The number of hydrogen-bond donors (Lipinski definition) is 2. The van der Waals surface area contributed by atoms with Gasteiger partial charge in [0, 0.05) is 39.8 Å². The Morgan fingerprint density at radius 2 is 2.08 bits per heavy atom. The lowest BCUT2D eigenvalue weighted by Crippen LogP contribution is -2.44. The minimum absolute atomic E-state index is 0. The van der Waals surface area contributed by atoms with Gasteiger partial charge >= 0.3 is 0 Å². The predicted octanol–water partition coefficient (Wildman–Crippen LogP) is 1.45. The molecule has 1 heterocycles. The Bertz CT molecular complexity index is 525. The number of methoxy groups -OCH3 is 1. The van der Waals surface area contributed by atoms with E-state index in [1.807, 2.05) is 6.07 Å². The van der Waals surface area contributed by atoms with Gasteiger partial charge < -0.3 is 20.1 Å². The Hall–Kier alpha value is -1.13. The van der Waals surface area contributed by atoms with Gasteiger partial charge in [-0.3, -0.25) is 9.89 Å². The van der Waals surface area contributed by atoms with Crippen LogP contribution in [0.1, 0.15) is 5.56 Å². The zero-order valence-electron chi connectivity index (χ0n) is 14.2. The second kappa shape index (κ2) is 11.4. The van der Waals surface area contributed by atoms with Crippen LogP contribution in [0.5, 0.6) is 5.75 Å². The molecule has 1 aromatic carbocycles. The molecule has 0 unspecified atom stereocenters. The van der Waals surface area contributed by atoms with E-state index in [1.54, 1.807) is 13.1 Å². The summed E-state index contributed by atoms with van der Waals surface area (Å²) >= 11 is 0. The highest BCUT2D eigenvalue weighted by Crippen LogP contribution is 2.17. The summed E-state index contributed by atoms with van der Waals surface area (Å²) in [5, 5.41) is 6.44. The molecule has 136 valence electrons. The average molecular weight is 452 g/mol. The van der Waals surface area contributed by atoms with E-state index in [2.05, 4.69) is 20.5 Å². The fourth-order valence-corrected chi connectivity index (χ4v) is 2.38. The molecule has 1 aliphatic rings. The zero-order valence-corrected chi connectivity index (χ0v) is 16.5. The van der Waals surface area contributed by atoms with Crippen LogP contribution < -0.4 is 15.4 Å². The maximum Gasteiger partial charge on any atom is 0.191 e. The van der Waals surface area contributed by atoms with Gasteiger partial charge in [0.15, 0.2) is 17.5 Å². The van der Waals surface area contributed by atoms with E-state index in [-0.39, 0.29) is 35.5 Å². The minimum Gasteiger partial charge on any atom is -0.494 e. The Morgan fingerprint density at radius 1 is 1.33 bits per heavy atom. The summed E-state index contributed by atoms with van der Waals surface area (Å²) in [4.78, 5) is 6.52. The molecule has 24 heavy (non-hydrogen) atoms. The number of halogens is 2. The van der Waals surface area contributed by atoms with Crippen LogP contribution in [0.2, 0.25) is 0 Å². The normalized spacial score (nSPS) is 15.5. The molecule has 0 spiro atoms. The summed E-state index contributed by atoms with van der Waals surface area (Å²) in [6.45, 7) is 5.79. The fourth-order valence-electron chi connectivity index (χ4n) is 2.38. The maximum absolute atomic E-state index is 13.7. The van der Waals surface area contributed by atoms with Crippen LogP contribution in [0, 0.1) is 5.82 Å². The Labute approximate surface area is 159 Å². The smallest absolute Gasteiger partial charge is 0.191 e. The van der Waals surface area contributed by atoms with Gasteiger partial charge in [-0.25, -0.2) is 4.39 Å². The number of rotatable bonds is 6. The van der Waals surface area contributed by atoms with Gasteiger partial charge in [0.1, 0.15) is 0 Å². The minimum atomic E-state index is -0.359. The first kappa shape index (κ1) is 20.9. The summed E-state index contributed by atoms with van der Waals surface area (Å²) in [7, 11) is 3.18. The van der Waals surface area contributed by atoms with E-state index in [0.717, 1.165) is 45.0 Å². The molecule has 1 fully saturated rings. The number of morpholine rings is 1. The van der Waals surface area contributed by atoms with Crippen LogP contribution >= 0.6 is 24.0 Å². The second-order valence-electron chi connectivity index (χ2n) is 5.28. The lowest BCUT2D eigenvalue weighted by atomic mass is 10.2. The first-order valence-corrected chi connectivity index (χ1v) is 7.80. The number of aliphatic imine (C=N–C) groups is 1. The monoisotopic (exact) mass is 452 g/mol. The number of hydrogen-bond acceptors (Lipinski definition) is 4. The molecule has 2 N–H and O–H groups in total. The van der Waals surface area contributed by atoms with Crippen molar-refractivity contribution in [2.45, 2.75) is 6.54 Å². The molecule has 0 radical (unpaired) electrons. The third kappa shape index (κ3) is 6.78. The summed E-state index contributed by atoms with van der Waals surface area (Å²) in [5.41, 5.74) is 0.833. The van der Waals surface area contributed by atoms with Gasteiger partial charge in [0.25, 0.3) is 0 Å². The van der Waals surface area contributed by atoms with Crippen molar-refractivity contribution in [1.82, 2.24) is 15.5 Å². The Kier molecular flexibility index (Phi) is 9.96. The van der Waals surface area contributed by atoms with Gasteiger partial charge in [0.05, 0.1) is 20.3 Å². The Balaban J connectivity index is 0.00000288. The van der Waals surface area contributed by atoms with Crippen molar-refractivity contribution in [2.75, 3.05) is 53.6 Å². The largest absolute Gasteiger partial charge is 0.494 e. The van der Waals surface area contributed by atoms with Gasteiger partial charge in [-0.2, -0.15) is 0 Å². The molecule has 1 saturated heterocycles. The summed E-state index contributed by atoms with van der Waals surface area (Å²) < 4.78 is 23.9. The molecule has 1 aliphatic heterocycles. The van der Waals surface area contributed by atoms with Crippen LogP contribution in [0.25, 0.3) is 0 Å². The highest BCUT2D eigenvalue weighted by Gasteiger charge is 2.09. The molecule has 8 heteroatoms. The van der Waals surface area contributed by atoms with E-state index in [0.29, 0.717) is 12.5 Å². The molecule has 6 nitrogen and oxygen atoms in total. The van der Waals surface area contributed by atoms with Crippen LogP contribution in [0.3, 0.4) is 0 Å². The molecule has 0 aromatic heterocycles. The van der Waals surface area contributed by atoms with Gasteiger partial charge in [-0.15, -0.1) is 24.0 Å². The summed E-state index contributed by atoms with van der Waals surface area (Å²) in [6.07, 6.45) is 0. The van der Waals surface area contributed by atoms with Crippen LogP contribution in [-0.4, -0.2) is 64.4 Å². The van der Waals surface area contributed by atoms with Crippen molar-refractivity contribution in [2.24, 2.45) is 4.99 Å². The van der Waals surface area contributed by atoms with Crippen molar-refractivity contribution < 1.29 is 13.9 Å². The maximum atomic E-state index is 13.7. The quantitative estimate of drug-likeness (QED) is 0.389. The molecule has 0 amide bonds. The molecule has 0 bridgehead atoms. The molecular formula is C16H26FIN4O2. The first-order chi connectivity index (χ1) is 11.2. The van der Waals surface area contributed by atoms with Gasteiger partial charge in [-0.1, -0.05) is 6.07 Å². The van der Waals surface area contributed by atoms with Crippen molar-refractivity contribution in [1.29, 1.82) is 0 Å². The van der Waals surface area contributed by atoms with Crippen molar-refractivity contribution in [3.05, 3.63) is 29.6 Å². The van der Waals surface area contributed by atoms with Gasteiger partial charge in [-0.05, 0) is 17.7 Å². The number of guanidine groups is 1. The molecule has 0 aliphatic carbocycles. The van der Waals surface area contributed by atoms with Crippen LogP contribution in [-0.2, 0) is 11.3 Å². The molecule has 2 rings (SSSR count). The van der Waals surface area contributed by atoms with E-state index >= 15 is 0 Å². The predicted molar refractivity (Wildman–Crippen MR) is 104 cm³/mol. The molecular weight excluding hydrogens is 426 g/mol. The van der Waals surface area contributed by atoms with E-state index in [4.69, 9.17) is 9.47 Å². The highest BCUT2D eigenvalue weighted by molar-refractivity contribution is 14.0. The lowest BCUT2D eigenvalue weighted by Gasteiger charge is -2.26. The third-order valence-electron chi connectivity index (χ3n) is 3.72.